The summed E-state index contributed by atoms with van der Waals surface area (Å²) in [7, 11) is 0. The Morgan fingerprint density at radius 2 is 1.89 bits per heavy atom. The standard InChI is InChI=1S/C23H34O5/c1-13(24)28-12-20(27)18-7-6-17-16-5-4-14-10-15(25)8-9-22(14,2)21(16)19(26)11-23(17,18)3/h14,16-19,21,26H,4-12H2,1-3H3/t14-,16+,17+,18-,19-,21-,22+,23+/m1/s1. The first-order valence-corrected chi connectivity index (χ1v) is 11.0. The van der Waals surface area contributed by atoms with Crippen LogP contribution in [-0.2, 0) is 19.1 Å². The number of carbonyl (C=O) groups excluding carboxylic acids is 3. The SMILES string of the molecule is CC(=O)OCC(=O)[C@H]1CC[C@H]2[C@@H]3CC[C@@H]4CC(=O)CC[C@]4(C)[C@H]3[C@H](O)C[C@]12C. The van der Waals surface area contributed by atoms with Crippen molar-refractivity contribution < 1.29 is 24.2 Å². The van der Waals surface area contributed by atoms with Crippen LogP contribution in [0.15, 0.2) is 0 Å². The second kappa shape index (κ2) is 6.93. The van der Waals surface area contributed by atoms with Gasteiger partial charge in [0.15, 0.2) is 5.78 Å². The maximum absolute atomic E-state index is 12.8. The summed E-state index contributed by atoms with van der Waals surface area (Å²) in [5, 5.41) is 11.3. The number of esters is 1. The molecule has 0 amide bonds. The van der Waals surface area contributed by atoms with Crippen LogP contribution in [0.25, 0.3) is 0 Å². The Morgan fingerprint density at radius 1 is 1.14 bits per heavy atom. The maximum Gasteiger partial charge on any atom is 0.303 e. The van der Waals surface area contributed by atoms with E-state index in [2.05, 4.69) is 13.8 Å². The van der Waals surface area contributed by atoms with Crippen molar-refractivity contribution in [3.63, 3.8) is 0 Å². The van der Waals surface area contributed by atoms with Crippen LogP contribution in [0.4, 0.5) is 0 Å². The number of Topliss-reactive ketones (excluding diaryl/α,β-unsaturated/α-hetero) is 2. The first kappa shape index (κ1) is 20.1. The highest BCUT2D eigenvalue weighted by molar-refractivity contribution is 5.85. The lowest BCUT2D eigenvalue weighted by atomic mass is 9.44. The summed E-state index contributed by atoms with van der Waals surface area (Å²) in [5.74, 6) is 1.33. The molecule has 0 bridgehead atoms. The number of hydrogen-bond acceptors (Lipinski definition) is 5. The summed E-state index contributed by atoms with van der Waals surface area (Å²) in [6.07, 6.45) is 6.41. The van der Waals surface area contributed by atoms with Gasteiger partial charge in [0.1, 0.15) is 12.4 Å². The molecule has 0 aromatic carbocycles. The molecule has 28 heavy (non-hydrogen) atoms. The van der Waals surface area contributed by atoms with E-state index in [0.717, 1.165) is 32.1 Å². The van der Waals surface area contributed by atoms with Gasteiger partial charge in [0, 0.05) is 25.7 Å². The number of hydrogen-bond donors (Lipinski definition) is 1. The molecule has 0 aromatic rings. The highest BCUT2D eigenvalue weighted by Gasteiger charge is 2.63. The van der Waals surface area contributed by atoms with Gasteiger partial charge in [-0.3, -0.25) is 14.4 Å². The van der Waals surface area contributed by atoms with Crippen LogP contribution in [0.3, 0.4) is 0 Å². The van der Waals surface area contributed by atoms with Crippen LogP contribution < -0.4 is 0 Å². The number of ether oxygens (including phenoxy) is 1. The summed E-state index contributed by atoms with van der Waals surface area (Å²) in [6.45, 7) is 5.67. The summed E-state index contributed by atoms with van der Waals surface area (Å²) in [5.41, 5.74) is -0.178. The summed E-state index contributed by atoms with van der Waals surface area (Å²) < 4.78 is 4.99. The van der Waals surface area contributed by atoms with Gasteiger partial charge in [-0.25, -0.2) is 0 Å². The molecule has 0 saturated heterocycles. The molecule has 1 N–H and O–H groups in total. The predicted octanol–water partition coefficient (Wildman–Crippen LogP) is 3.32. The van der Waals surface area contributed by atoms with Gasteiger partial charge in [-0.05, 0) is 73.0 Å². The number of aliphatic hydroxyl groups excluding tert-OH is 1. The second-order valence-electron chi connectivity index (χ2n) is 10.5. The Labute approximate surface area is 167 Å². The summed E-state index contributed by atoms with van der Waals surface area (Å²) >= 11 is 0. The lowest BCUT2D eigenvalue weighted by Gasteiger charge is -2.61. The van der Waals surface area contributed by atoms with Gasteiger partial charge in [0.05, 0.1) is 6.10 Å². The van der Waals surface area contributed by atoms with Crippen molar-refractivity contribution in [3.05, 3.63) is 0 Å². The molecule has 4 aliphatic rings. The van der Waals surface area contributed by atoms with Crippen LogP contribution in [0, 0.1) is 40.4 Å². The van der Waals surface area contributed by atoms with Gasteiger partial charge in [-0.2, -0.15) is 0 Å². The monoisotopic (exact) mass is 390 g/mol. The van der Waals surface area contributed by atoms with Crippen molar-refractivity contribution in [3.8, 4) is 0 Å². The van der Waals surface area contributed by atoms with Crippen molar-refractivity contribution >= 4 is 17.5 Å². The third kappa shape index (κ3) is 2.96. The molecule has 0 radical (unpaired) electrons. The Morgan fingerprint density at radius 3 is 2.61 bits per heavy atom. The van der Waals surface area contributed by atoms with Gasteiger partial charge < -0.3 is 9.84 Å². The molecule has 4 fully saturated rings. The molecule has 4 aliphatic carbocycles. The molecule has 5 heteroatoms. The molecular formula is C23H34O5. The van der Waals surface area contributed by atoms with Crippen molar-refractivity contribution in [2.24, 2.45) is 40.4 Å². The molecule has 0 unspecified atom stereocenters. The van der Waals surface area contributed by atoms with E-state index in [1.165, 1.54) is 6.92 Å². The zero-order valence-electron chi connectivity index (χ0n) is 17.4. The van der Waals surface area contributed by atoms with Crippen LogP contribution >= 0.6 is 0 Å². The van der Waals surface area contributed by atoms with E-state index >= 15 is 0 Å². The fourth-order valence-corrected chi connectivity index (χ4v) is 7.97. The number of ketones is 2. The van der Waals surface area contributed by atoms with Gasteiger partial charge in [0.2, 0.25) is 0 Å². The van der Waals surface area contributed by atoms with Crippen LogP contribution in [0.2, 0.25) is 0 Å². The highest BCUT2D eigenvalue weighted by Crippen LogP contribution is 2.67. The van der Waals surface area contributed by atoms with Gasteiger partial charge in [-0.15, -0.1) is 0 Å². The van der Waals surface area contributed by atoms with E-state index in [0.29, 0.717) is 42.8 Å². The average molecular weight is 391 g/mol. The average Bonchev–Trinajstić information content (AvgIpc) is 2.96. The third-order valence-electron chi connectivity index (χ3n) is 9.22. The van der Waals surface area contributed by atoms with E-state index in [4.69, 9.17) is 4.74 Å². The van der Waals surface area contributed by atoms with Crippen LogP contribution in [0.1, 0.15) is 72.1 Å². The highest BCUT2D eigenvalue weighted by atomic mass is 16.5. The van der Waals surface area contributed by atoms with Gasteiger partial charge in [-0.1, -0.05) is 13.8 Å². The fraction of sp³-hybridized carbons (Fsp3) is 0.870. The lowest BCUT2D eigenvalue weighted by Crippen LogP contribution is -2.59. The Hall–Kier alpha value is -1.23. The van der Waals surface area contributed by atoms with E-state index in [1.807, 2.05) is 0 Å². The molecule has 0 aliphatic heterocycles. The Kier molecular flexibility index (Phi) is 4.96. The van der Waals surface area contributed by atoms with E-state index < -0.39 is 12.1 Å². The quantitative estimate of drug-likeness (QED) is 0.748. The summed E-state index contributed by atoms with van der Waals surface area (Å²) in [4.78, 5) is 36.0. The smallest absolute Gasteiger partial charge is 0.303 e. The Bertz CT molecular complexity index is 686. The second-order valence-corrected chi connectivity index (χ2v) is 10.5. The summed E-state index contributed by atoms with van der Waals surface area (Å²) in [6, 6.07) is 0. The zero-order valence-corrected chi connectivity index (χ0v) is 17.4. The molecular weight excluding hydrogens is 356 g/mol. The van der Waals surface area contributed by atoms with Gasteiger partial charge >= 0.3 is 5.97 Å². The topological polar surface area (TPSA) is 80.7 Å². The maximum atomic E-state index is 12.8. The molecule has 156 valence electrons. The van der Waals surface area contributed by atoms with Gasteiger partial charge in [0.25, 0.3) is 0 Å². The largest absolute Gasteiger partial charge is 0.458 e. The van der Waals surface area contributed by atoms with Crippen LogP contribution in [-0.4, -0.2) is 35.4 Å². The minimum atomic E-state index is -0.422. The molecule has 4 saturated carbocycles. The normalized spacial score (nSPS) is 47.6. The lowest BCUT2D eigenvalue weighted by molar-refractivity contribution is -0.175. The minimum Gasteiger partial charge on any atom is -0.458 e. The first-order valence-electron chi connectivity index (χ1n) is 11.0. The van der Waals surface area contributed by atoms with E-state index in [-0.39, 0.29) is 35.1 Å². The van der Waals surface area contributed by atoms with Crippen molar-refractivity contribution in [2.45, 2.75) is 78.2 Å². The number of fused-ring (bicyclic) bond motifs is 5. The molecule has 0 heterocycles. The Balaban J connectivity index is 1.58. The predicted molar refractivity (Wildman–Crippen MR) is 103 cm³/mol. The number of aliphatic hydroxyl groups is 1. The van der Waals surface area contributed by atoms with Crippen molar-refractivity contribution in [1.29, 1.82) is 0 Å². The number of rotatable bonds is 3. The molecule has 8 atom stereocenters. The first-order chi connectivity index (χ1) is 13.2. The van der Waals surface area contributed by atoms with Crippen molar-refractivity contribution in [1.82, 2.24) is 0 Å². The zero-order chi connectivity index (χ0) is 20.3. The molecule has 0 aromatic heterocycles. The third-order valence-corrected chi connectivity index (χ3v) is 9.22. The van der Waals surface area contributed by atoms with Crippen molar-refractivity contribution in [2.75, 3.05) is 6.61 Å². The van der Waals surface area contributed by atoms with E-state index in [1.54, 1.807) is 0 Å². The minimum absolute atomic E-state index is 0.00834. The molecule has 4 rings (SSSR count). The van der Waals surface area contributed by atoms with E-state index in [9.17, 15) is 19.5 Å². The number of carbonyl (C=O) groups is 3. The fourth-order valence-electron chi connectivity index (χ4n) is 7.97. The molecule has 0 spiro atoms. The van der Waals surface area contributed by atoms with Crippen LogP contribution in [0.5, 0.6) is 0 Å². The molecule has 5 nitrogen and oxygen atoms in total.